The molecule has 1 aromatic carbocycles. The van der Waals surface area contributed by atoms with Crippen LogP contribution in [0.5, 0.6) is 0 Å². The Bertz CT molecular complexity index is 832. The molecular weight excluding hydrogens is 337 g/mol. The van der Waals surface area contributed by atoms with Gasteiger partial charge in [-0.25, -0.2) is 9.69 Å². The van der Waals surface area contributed by atoms with E-state index in [1.807, 2.05) is 11.9 Å². The number of piperazine rings is 1. The summed E-state index contributed by atoms with van der Waals surface area (Å²) in [5, 5.41) is 9.02. The van der Waals surface area contributed by atoms with Crippen LogP contribution in [0.3, 0.4) is 0 Å². The molecule has 6 nitrogen and oxygen atoms in total. The Morgan fingerprint density at radius 1 is 1.28 bits per heavy atom. The minimum Gasteiger partial charge on any atom is -0.306 e. The van der Waals surface area contributed by atoms with Crippen LogP contribution >= 0.6 is 0 Å². The third-order valence-corrected chi connectivity index (χ3v) is 5.21. The number of hydrogen-bond donors (Lipinski definition) is 0. The molecule has 3 fully saturated rings. The predicted molar refractivity (Wildman–Crippen MR) is 79.5 cm³/mol. The van der Waals surface area contributed by atoms with Crippen molar-refractivity contribution < 1.29 is 22.8 Å². The van der Waals surface area contributed by atoms with Crippen molar-refractivity contribution in [1.82, 2.24) is 9.80 Å². The third kappa shape index (κ3) is 2.00. The molecule has 0 spiro atoms. The van der Waals surface area contributed by atoms with E-state index in [2.05, 4.69) is 0 Å². The molecule has 130 valence electrons. The number of halogens is 3. The summed E-state index contributed by atoms with van der Waals surface area (Å²) in [7, 11) is 1.83. The number of nitriles is 1. The van der Waals surface area contributed by atoms with Gasteiger partial charge in [0.05, 0.1) is 22.9 Å². The average Bonchev–Trinajstić information content (AvgIpc) is 3.17. The molecule has 3 unspecified atom stereocenters. The molecule has 3 saturated heterocycles. The number of carbonyl (C=O) groups excluding carboxylic acids is 2. The second-order valence-corrected chi connectivity index (χ2v) is 6.51. The molecule has 3 amide bonds. The van der Waals surface area contributed by atoms with Crippen molar-refractivity contribution in [3.05, 3.63) is 29.3 Å². The molecule has 4 rings (SSSR count). The molecular formula is C16H13F3N4O2. The third-order valence-electron chi connectivity index (χ3n) is 5.21. The van der Waals surface area contributed by atoms with Crippen molar-refractivity contribution in [1.29, 1.82) is 5.26 Å². The summed E-state index contributed by atoms with van der Waals surface area (Å²) in [6, 6.07) is 2.97. The Morgan fingerprint density at radius 2 is 2.00 bits per heavy atom. The highest BCUT2D eigenvalue weighted by atomic mass is 19.4. The standard InChI is InChI=1S/C16H13F3N4O2/c1-21-7-9-5-11(21)13-14(24)23(15(25)22(9)13)10-4-2-3-8(6-20)12(10)16(17,18)19/h2-4,9,11,13H,5,7H2,1H3. The first-order valence-corrected chi connectivity index (χ1v) is 7.72. The zero-order valence-corrected chi connectivity index (χ0v) is 13.1. The number of hydrogen-bond acceptors (Lipinski definition) is 4. The van der Waals surface area contributed by atoms with Gasteiger partial charge in [-0.2, -0.15) is 18.4 Å². The number of urea groups is 1. The molecule has 3 atom stereocenters. The van der Waals surface area contributed by atoms with Crippen molar-refractivity contribution >= 4 is 17.6 Å². The number of fused-ring (bicyclic) bond motifs is 5. The maximum Gasteiger partial charge on any atom is 0.419 e. The highest BCUT2D eigenvalue weighted by Gasteiger charge is 2.61. The van der Waals surface area contributed by atoms with Gasteiger partial charge in [0.2, 0.25) is 0 Å². The molecule has 0 N–H and O–H groups in total. The fourth-order valence-corrected chi connectivity index (χ4v) is 4.23. The first-order valence-electron chi connectivity index (χ1n) is 7.72. The zero-order chi connectivity index (χ0) is 18.1. The van der Waals surface area contributed by atoms with Crippen LogP contribution in [0.4, 0.5) is 23.7 Å². The van der Waals surface area contributed by atoms with E-state index in [-0.39, 0.29) is 12.1 Å². The van der Waals surface area contributed by atoms with Crippen LogP contribution in [0.25, 0.3) is 0 Å². The Hall–Kier alpha value is -2.60. The summed E-state index contributed by atoms with van der Waals surface area (Å²) in [4.78, 5) is 29.5. The number of likely N-dealkylation sites (tertiary alicyclic amines) is 1. The lowest BCUT2D eigenvalue weighted by molar-refractivity contribution is -0.137. The van der Waals surface area contributed by atoms with Crippen LogP contribution < -0.4 is 4.90 Å². The normalized spacial score (nSPS) is 28.7. The van der Waals surface area contributed by atoms with Crippen LogP contribution in [-0.2, 0) is 11.0 Å². The highest BCUT2D eigenvalue weighted by molar-refractivity contribution is 6.22. The summed E-state index contributed by atoms with van der Waals surface area (Å²) in [5.41, 5.74) is -2.43. The molecule has 25 heavy (non-hydrogen) atoms. The van der Waals surface area contributed by atoms with Crippen molar-refractivity contribution in [2.45, 2.75) is 30.7 Å². The number of anilines is 1. The van der Waals surface area contributed by atoms with Gasteiger partial charge in [-0.15, -0.1) is 0 Å². The Balaban J connectivity index is 1.84. The fraction of sp³-hybridized carbons (Fsp3) is 0.438. The summed E-state index contributed by atoms with van der Waals surface area (Å²) < 4.78 is 40.5. The Kier molecular flexibility index (Phi) is 3.15. The number of carbonyl (C=O) groups is 2. The SMILES string of the molecule is CN1CC2CC1C1C(=O)N(c3cccc(C#N)c3C(F)(F)F)C(=O)N21. The van der Waals surface area contributed by atoms with Crippen molar-refractivity contribution in [3.63, 3.8) is 0 Å². The fourth-order valence-electron chi connectivity index (χ4n) is 4.23. The number of amides is 3. The number of likely N-dealkylation sites (N-methyl/N-ethyl adjacent to an activating group) is 1. The Labute approximate surface area is 141 Å². The number of imide groups is 1. The molecule has 0 radical (unpaired) electrons. The lowest BCUT2D eigenvalue weighted by atomic mass is 10.0. The maximum absolute atomic E-state index is 13.5. The molecule has 0 aromatic heterocycles. The minimum absolute atomic E-state index is 0.171. The van der Waals surface area contributed by atoms with E-state index < -0.39 is 41.0 Å². The molecule has 9 heteroatoms. The number of alkyl halides is 3. The van der Waals surface area contributed by atoms with Gasteiger partial charge in [0.25, 0.3) is 5.91 Å². The van der Waals surface area contributed by atoms with Crippen LogP contribution in [-0.4, -0.2) is 53.5 Å². The number of rotatable bonds is 1. The molecule has 3 aliphatic heterocycles. The van der Waals surface area contributed by atoms with Crippen molar-refractivity contribution in [2.75, 3.05) is 18.5 Å². The van der Waals surface area contributed by atoms with Crippen molar-refractivity contribution in [3.8, 4) is 6.07 Å². The van der Waals surface area contributed by atoms with E-state index in [1.165, 1.54) is 17.0 Å². The molecule has 0 aliphatic carbocycles. The minimum atomic E-state index is -4.86. The van der Waals surface area contributed by atoms with Gasteiger partial charge >= 0.3 is 12.2 Å². The first-order chi connectivity index (χ1) is 11.8. The summed E-state index contributed by atoms with van der Waals surface area (Å²) in [6.07, 6.45) is -4.21. The molecule has 3 aliphatic rings. The van der Waals surface area contributed by atoms with E-state index in [1.54, 1.807) is 0 Å². The second-order valence-electron chi connectivity index (χ2n) is 6.51. The lowest BCUT2D eigenvalue weighted by Gasteiger charge is -2.32. The van der Waals surface area contributed by atoms with E-state index in [0.717, 1.165) is 12.1 Å². The topological polar surface area (TPSA) is 67.6 Å². The van der Waals surface area contributed by atoms with Gasteiger partial charge in [0, 0.05) is 18.6 Å². The van der Waals surface area contributed by atoms with Gasteiger partial charge in [0.1, 0.15) is 6.04 Å². The molecule has 2 bridgehead atoms. The largest absolute Gasteiger partial charge is 0.419 e. The maximum atomic E-state index is 13.5. The van der Waals surface area contributed by atoms with E-state index in [0.29, 0.717) is 17.9 Å². The first kappa shape index (κ1) is 15.9. The average molecular weight is 350 g/mol. The lowest BCUT2D eigenvalue weighted by Crippen LogP contribution is -2.51. The second kappa shape index (κ2) is 4.95. The van der Waals surface area contributed by atoms with Crippen LogP contribution in [0.1, 0.15) is 17.5 Å². The van der Waals surface area contributed by atoms with Crippen LogP contribution in [0.15, 0.2) is 18.2 Å². The summed E-state index contributed by atoms with van der Waals surface area (Å²) in [6.45, 7) is 0.596. The Morgan fingerprint density at radius 3 is 2.64 bits per heavy atom. The number of nitrogens with zero attached hydrogens (tertiary/aromatic N) is 4. The van der Waals surface area contributed by atoms with E-state index in [9.17, 15) is 22.8 Å². The summed E-state index contributed by atoms with van der Waals surface area (Å²) >= 11 is 0. The van der Waals surface area contributed by atoms with Crippen LogP contribution in [0.2, 0.25) is 0 Å². The monoisotopic (exact) mass is 350 g/mol. The van der Waals surface area contributed by atoms with Gasteiger partial charge in [-0.1, -0.05) is 6.07 Å². The van der Waals surface area contributed by atoms with Crippen LogP contribution in [0, 0.1) is 11.3 Å². The van der Waals surface area contributed by atoms with Crippen molar-refractivity contribution in [2.24, 2.45) is 0 Å². The molecule has 0 saturated carbocycles. The quantitative estimate of drug-likeness (QED) is 0.725. The van der Waals surface area contributed by atoms with Gasteiger partial charge in [-0.05, 0) is 25.6 Å². The number of benzene rings is 1. The smallest absolute Gasteiger partial charge is 0.306 e. The molecule has 3 heterocycles. The molecule has 1 aromatic rings. The van der Waals surface area contributed by atoms with Gasteiger partial charge < -0.3 is 4.90 Å². The predicted octanol–water partition coefficient (Wildman–Crippen LogP) is 1.80. The van der Waals surface area contributed by atoms with E-state index in [4.69, 9.17) is 5.26 Å². The van der Waals surface area contributed by atoms with Gasteiger partial charge in [0.15, 0.2) is 0 Å². The zero-order valence-electron chi connectivity index (χ0n) is 13.1. The highest BCUT2D eigenvalue weighted by Crippen LogP contribution is 2.45. The van der Waals surface area contributed by atoms with E-state index >= 15 is 0 Å². The van der Waals surface area contributed by atoms with Gasteiger partial charge in [-0.3, -0.25) is 9.69 Å². The summed E-state index contributed by atoms with van der Waals surface area (Å²) in [5.74, 6) is -0.662.